The number of anilines is 6. The zero-order valence-corrected chi connectivity index (χ0v) is 43.8. The van der Waals surface area contributed by atoms with Crippen molar-refractivity contribution in [3.63, 3.8) is 0 Å². The molecule has 1 aromatic heterocycles. The molecule has 3 aliphatic rings. The number of rotatable bonds is 4. The minimum atomic E-state index is -0.109. The van der Waals surface area contributed by atoms with Crippen molar-refractivity contribution in [2.45, 2.75) is 105 Å². The zero-order valence-electron chi connectivity index (χ0n) is 43.0. The van der Waals surface area contributed by atoms with Crippen LogP contribution in [-0.4, -0.2) is 6.71 Å². The lowest BCUT2D eigenvalue weighted by Crippen LogP contribution is -2.61. The number of nitrogens with zero attached hydrogens (tertiary/aromatic N) is 2. The molecule has 9 aromatic rings. The van der Waals surface area contributed by atoms with Gasteiger partial charge in [0.2, 0.25) is 0 Å². The van der Waals surface area contributed by atoms with Crippen LogP contribution in [0.15, 0.2) is 164 Å². The SMILES string of the molecule is Cc1cc2c3c(c1)N(c1cc(-c4ccc5c(c4)C(C)(C)c4ccccc4-5)cc(-c4cc5ccccc5s4)c1)c1ccc(C(C)(C)C)cc1B3c1cc(C(C)(C)C)ccc1N2c1ccc(C(C)(C)C)cc1. The Kier molecular flexibility index (Phi) is 9.83. The molecule has 0 saturated carbocycles. The molecule has 0 bridgehead atoms. The Morgan fingerprint density at radius 2 is 1.00 bits per heavy atom. The van der Waals surface area contributed by atoms with Gasteiger partial charge in [-0.15, -0.1) is 11.3 Å². The second-order valence-electron chi connectivity index (χ2n) is 24.0. The molecule has 12 rings (SSSR count). The lowest BCUT2D eigenvalue weighted by atomic mass is 9.33. The van der Waals surface area contributed by atoms with E-state index in [1.165, 1.54) is 127 Å². The maximum atomic E-state index is 2.62. The van der Waals surface area contributed by atoms with Crippen LogP contribution in [0.1, 0.15) is 110 Å². The second kappa shape index (κ2) is 15.4. The van der Waals surface area contributed by atoms with Gasteiger partial charge in [-0.25, -0.2) is 0 Å². The van der Waals surface area contributed by atoms with Gasteiger partial charge in [-0.1, -0.05) is 167 Å². The van der Waals surface area contributed by atoms with Gasteiger partial charge in [0.05, 0.1) is 0 Å². The summed E-state index contributed by atoms with van der Waals surface area (Å²) in [5.74, 6) is 0. The Labute approximate surface area is 420 Å². The Bertz CT molecular complexity index is 3570. The molecule has 0 unspecified atom stereocenters. The van der Waals surface area contributed by atoms with Crippen LogP contribution in [-0.2, 0) is 21.7 Å². The molecule has 3 heterocycles. The monoisotopic (exact) mass is 926 g/mol. The fraction of sp³-hybridized carbons (Fsp3) is 0.242. The van der Waals surface area contributed by atoms with Crippen LogP contribution in [0, 0.1) is 6.92 Å². The van der Waals surface area contributed by atoms with E-state index in [-0.39, 0.29) is 28.4 Å². The minimum Gasteiger partial charge on any atom is -0.311 e. The predicted molar refractivity (Wildman–Crippen MR) is 305 cm³/mol. The van der Waals surface area contributed by atoms with E-state index in [0.29, 0.717) is 0 Å². The Balaban J connectivity index is 1.14. The Morgan fingerprint density at radius 1 is 0.443 bits per heavy atom. The number of benzene rings is 8. The van der Waals surface area contributed by atoms with Crippen molar-refractivity contribution < 1.29 is 0 Å². The molecule has 0 atom stereocenters. The summed E-state index contributed by atoms with van der Waals surface area (Å²) >= 11 is 1.89. The van der Waals surface area contributed by atoms with Gasteiger partial charge in [-0.3, -0.25) is 0 Å². The van der Waals surface area contributed by atoms with Gasteiger partial charge in [0, 0.05) is 49.1 Å². The molecule has 8 aromatic carbocycles. The van der Waals surface area contributed by atoms with E-state index in [1.807, 2.05) is 11.3 Å². The van der Waals surface area contributed by atoms with Crippen LogP contribution in [0.4, 0.5) is 34.1 Å². The van der Waals surface area contributed by atoms with Gasteiger partial charge >= 0.3 is 0 Å². The summed E-state index contributed by atoms with van der Waals surface area (Å²) in [6.45, 7) is 28.1. The van der Waals surface area contributed by atoms with Crippen molar-refractivity contribution in [1.29, 1.82) is 0 Å². The Hall–Kier alpha value is -6.62. The van der Waals surface area contributed by atoms with E-state index in [0.717, 1.165) is 0 Å². The van der Waals surface area contributed by atoms with Crippen LogP contribution in [0.25, 0.3) is 42.8 Å². The highest BCUT2D eigenvalue weighted by molar-refractivity contribution is 7.22. The van der Waals surface area contributed by atoms with Crippen LogP contribution in [0.3, 0.4) is 0 Å². The molecule has 2 aliphatic heterocycles. The van der Waals surface area contributed by atoms with Crippen molar-refractivity contribution in [1.82, 2.24) is 0 Å². The first-order chi connectivity index (χ1) is 33.2. The summed E-state index contributed by atoms with van der Waals surface area (Å²) in [6, 6.07) is 63.8. The van der Waals surface area contributed by atoms with Gasteiger partial charge in [-0.05, 0) is 179 Å². The third-order valence-electron chi connectivity index (χ3n) is 15.7. The minimum absolute atomic E-state index is 0.0207. The van der Waals surface area contributed by atoms with Gasteiger partial charge in [-0.2, -0.15) is 0 Å². The predicted octanol–water partition coefficient (Wildman–Crippen LogP) is 16.8. The number of fused-ring (bicyclic) bond motifs is 8. The van der Waals surface area contributed by atoms with E-state index in [9.17, 15) is 0 Å². The van der Waals surface area contributed by atoms with Crippen molar-refractivity contribution in [3.8, 4) is 32.7 Å². The lowest BCUT2D eigenvalue weighted by molar-refractivity contribution is 0.590. The first-order valence-electron chi connectivity index (χ1n) is 25.3. The van der Waals surface area contributed by atoms with E-state index in [1.54, 1.807) is 0 Å². The van der Waals surface area contributed by atoms with Gasteiger partial charge < -0.3 is 9.80 Å². The highest BCUT2D eigenvalue weighted by Gasteiger charge is 2.45. The molecule has 0 radical (unpaired) electrons. The van der Waals surface area contributed by atoms with E-state index in [2.05, 4.69) is 257 Å². The zero-order chi connectivity index (χ0) is 48.8. The standard InChI is InChI=1S/C66H63BN2S/c1-40-31-58-62-59(32-40)69(49-34-43(33-44(35-49)61-37-42-17-13-16-20-60(42)70-61)41-21-28-51-50-18-14-15-19-52(50)66(11,12)53(51)36-41)57-30-25-47(65(8,9)10)39-55(57)67(62)54-38-46(64(5,6)7)24-29-56(54)68(58)48-26-22-45(23-27-48)63(2,3)4/h13-39H,1-12H3. The smallest absolute Gasteiger partial charge is 0.252 e. The normalized spacial score (nSPS) is 14.6. The second-order valence-corrected chi connectivity index (χ2v) is 25.1. The molecule has 4 heteroatoms. The molecular weight excluding hydrogens is 864 g/mol. The number of thiophene rings is 1. The molecule has 1 aliphatic carbocycles. The molecule has 70 heavy (non-hydrogen) atoms. The lowest BCUT2D eigenvalue weighted by Gasteiger charge is -2.45. The third kappa shape index (κ3) is 7.03. The molecular formula is C66H63BN2S. The molecule has 0 fully saturated rings. The first-order valence-corrected chi connectivity index (χ1v) is 26.1. The highest BCUT2D eigenvalue weighted by Crippen LogP contribution is 2.52. The number of aryl methyl sites for hydroxylation is 1. The van der Waals surface area contributed by atoms with Crippen molar-refractivity contribution in [3.05, 3.63) is 197 Å². The average molecular weight is 927 g/mol. The van der Waals surface area contributed by atoms with Crippen LogP contribution < -0.4 is 26.2 Å². The maximum absolute atomic E-state index is 2.62. The summed E-state index contributed by atoms with van der Waals surface area (Å²) in [5, 5.41) is 1.28. The summed E-state index contributed by atoms with van der Waals surface area (Å²) in [7, 11) is 0. The molecule has 2 nitrogen and oxygen atoms in total. The highest BCUT2D eigenvalue weighted by atomic mass is 32.1. The van der Waals surface area contributed by atoms with Gasteiger partial charge in [0.25, 0.3) is 6.71 Å². The average Bonchev–Trinajstić information content (AvgIpc) is 3.86. The van der Waals surface area contributed by atoms with E-state index in [4.69, 9.17) is 0 Å². The van der Waals surface area contributed by atoms with Crippen LogP contribution in [0.5, 0.6) is 0 Å². The number of hydrogen-bond acceptors (Lipinski definition) is 3. The maximum Gasteiger partial charge on any atom is 0.252 e. The quantitative estimate of drug-likeness (QED) is 0.162. The molecule has 0 spiro atoms. The molecule has 0 N–H and O–H groups in total. The first kappa shape index (κ1) is 44.6. The summed E-state index contributed by atoms with van der Waals surface area (Å²) in [5.41, 5.74) is 25.7. The Morgan fingerprint density at radius 3 is 1.63 bits per heavy atom. The fourth-order valence-corrected chi connectivity index (χ4v) is 12.8. The van der Waals surface area contributed by atoms with E-state index < -0.39 is 0 Å². The van der Waals surface area contributed by atoms with Gasteiger partial charge in [0.1, 0.15) is 0 Å². The molecule has 0 saturated heterocycles. The van der Waals surface area contributed by atoms with E-state index >= 15 is 0 Å². The fourth-order valence-electron chi connectivity index (χ4n) is 11.8. The van der Waals surface area contributed by atoms with Crippen molar-refractivity contribution >= 4 is 78.6 Å². The summed E-state index contributed by atoms with van der Waals surface area (Å²) in [6.07, 6.45) is 0. The van der Waals surface area contributed by atoms with Crippen LogP contribution in [0.2, 0.25) is 0 Å². The summed E-state index contributed by atoms with van der Waals surface area (Å²) < 4.78 is 1.30. The third-order valence-corrected chi connectivity index (χ3v) is 16.9. The van der Waals surface area contributed by atoms with Crippen molar-refractivity contribution in [2.24, 2.45) is 0 Å². The van der Waals surface area contributed by atoms with Crippen LogP contribution >= 0.6 is 11.3 Å². The molecule has 346 valence electrons. The molecule has 0 amide bonds. The largest absolute Gasteiger partial charge is 0.311 e. The number of hydrogen-bond donors (Lipinski definition) is 0. The van der Waals surface area contributed by atoms with Gasteiger partial charge in [0.15, 0.2) is 0 Å². The van der Waals surface area contributed by atoms with Crippen molar-refractivity contribution in [2.75, 3.05) is 9.80 Å². The summed E-state index contributed by atoms with van der Waals surface area (Å²) in [4.78, 5) is 6.46. The topological polar surface area (TPSA) is 6.48 Å².